The molecular formula is C12H18N4O2. The van der Waals surface area contributed by atoms with Crippen molar-refractivity contribution in [3.05, 3.63) is 27.4 Å². The fraction of sp³-hybridized carbons (Fsp3) is 0.583. The van der Waals surface area contributed by atoms with Crippen LogP contribution in [-0.4, -0.2) is 29.0 Å². The molecule has 1 aromatic heterocycles. The first kappa shape index (κ1) is 12.8. The van der Waals surface area contributed by atoms with Gasteiger partial charge < -0.3 is 20.7 Å². The average Bonchev–Trinajstić information content (AvgIpc) is 2.34. The van der Waals surface area contributed by atoms with E-state index in [2.05, 4.69) is 15.6 Å². The fourth-order valence-electron chi connectivity index (χ4n) is 2.29. The third-order valence-corrected chi connectivity index (χ3v) is 3.26. The van der Waals surface area contributed by atoms with Crippen LogP contribution >= 0.6 is 0 Å². The van der Waals surface area contributed by atoms with Gasteiger partial charge >= 0.3 is 5.82 Å². The second-order valence-corrected chi connectivity index (χ2v) is 4.68. The minimum Gasteiger partial charge on any atom is -0.379 e. The maximum atomic E-state index is 10.7. The SMILES string of the molecule is Cc1cc([N+](=O)[O-])nc(C)c1NC1CCNCC1. The number of hydrogen-bond acceptors (Lipinski definition) is 5. The van der Waals surface area contributed by atoms with Crippen molar-refractivity contribution in [2.75, 3.05) is 18.4 Å². The minimum absolute atomic E-state index is 0.0825. The number of piperidine rings is 1. The van der Waals surface area contributed by atoms with Crippen LogP contribution in [0.2, 0.25) is 0 Å². The Balaban J connectivity index is 2.19. The Labute approximate surface area is 106 Å². The van der Waals surface area contributed by atoms with Crippen LogP contribution in [0.4, 0.5) is 11.5 Å². The van der Waals surface area contributed by atoms with Crippen molar-refractivity contribution >= 4 is 11.5 Å². The van der Waals surface area contributed by atoms with E-state index < -0.39 is 4.92 Å². The van der Waals surface area contributed by atoms with Gasteiger partial charge in [-0.2, -0.15) is 0 Å². The highest BCUT2D eigenvalue weighted by atomic mass is 16.6. The van der Waals surface area contributed by atoms with Crippen molar-refractivity contribution in [1.82, 2.24) is 10.3 Å². The third kappa shape index (κ3) is 2.76. The number of nitro groups is 1. The van der Waals surface area contributed by atoms with Gasteiger partial charge in [0, 0.05) is 19.0 Å². The molecule has 2 heterocycles. The van der Waals surface area contributed by atoms with Crippen molar-refractivity contribution in [2.24, 2.45) is 0 Å². The van der Waals surface area contributed by atoms with Gasteiger partial charge in [-0.3, -0.25) is 0 Å². The van der Waals surface area contributed by atoms with Crippen molar-refractivity contribution in [3.8, 4) is 0 Å². The van der Waals surface area contributed by atoms with E-state index in [-0.39, 0.29) is 5.82 Å². The van der Waals surface area contributed by atoms with Gasteiger partial charge in [0.1, 0.15) is 0 Å². The third-order valence-electron chi connectivity index (χ3n) is 3.26. The molecule has 0 amide bonds. The lowest BCUT2D eigenvalue weighted by Crippen LogP contribution is -2.35. The first-order chi connectivity index (χ1) is 8.58. The molecule has 0 unspecified atom stereocenters. The van der Waals surface area contributed by atoms with E-state index in [1.54, 1.807) is 0 Å². The maximum Gasteiger partial charge on any atom is 0.364 e. The quantitative estimate of drug-likeness (QED) is 0.631. The standard InChI is InChI=1S/C12H18N4O2/c1-8-7-11(16(17)18)14-9(2)12(8)15-10-3-5-13-6-4-10/h7,10,13,15H,3-6H2,1-2H3. The van der Waals surface area contributed by atoms with Gasteiger partial charge in [-0.05, 0) is 48.3 Å². The molecule has 0 aromatic carbocycles. The van der Waals surface area contributed by atoms with Crippen LogP contribution in [0.1, 0.15) is 24.1 Å². The molecule has 1 fully saturated rings. The molecule has 2 N–H and O–H groups in total. The molecule has 0 bridgehead atoms. The molecule has 1 saturated heterocycles. The molecule has 2 rings (SSSR count). The maximum absolute atomic E-state index is 10.7. The summed E-state index contributed by atoms with van der Waals surface area (Å²) in [6, 6.07) is 1.95. The summed E-state index contributed by atoms with van der Waals surface area (Å²) in [5.74, 6) is -0.0825. The Hall–Kier alpha value is -1.69. The zero-order valence-electron chi connectivity index (χ0n) is 10.7. The van der Waals surface area contributed by atoms with Gasteiger partial charge in [0.25, 0.3) is 0 Å². The molecule has 0 radical (unpaired) electrons. The number of nitrogens with one attached hydrogen (secondary N) is 2. The molecule has 18 heavy (non-hydrogen) atoms. The molecule has 0 saturated carbocycles. The predicted octanol–water partition coefficient (Wildman–Crippen LogP) is 1.77. The van der Waals surface area contributed by atoms with Crippen LogP contribution in [-0.2, 0) is 0 Å². The zero-order chi connectivity index (χ0) is 13.1. The van der Waals surface area contributed by atoms with E-state index in [0.29, 0.717) is 11.7 Å². The lowest BCUT2D eigenvalue weighted by Gasteiger charge is -2.25. The number of pyridine rings is 1. The highest BCUT2D eigenvalue weighted by molar-refractivity contribution is 5.57. The normalized spacial score (nSPS) is 16.6. The number of aryl methyl sites for hydroxylation is 2. The highest BCUT2D eigenvalue weighted by Crippen LogP contribution is 2.24. The van der Waals surface area contributed by atoms with Crippen molar-refractivity contribution in [3.63, 3.8) is 0 Å². The van der Waals surface area contributed by atoms with Gasteiger partial charge in [0.05, 0.1) is 5.69 Å². The monoisotopic (exact) mass is 250 g/mol. The van der Waals surface area contributed by atoms with Gasteiger partial charge in [0.2, 0.25) is 0 Å². The number of aromatic nitrogens is 1. The van der Waals surface area contributed by atoms with E-state index in [1.807, 2.05) is 13.8 Å². The molecule has 6 nitrogen and oxygen atoms in total. The number of nitrogens with zero attached hydrogens (tertiary/aromatic N) is 2. The molecule has 0 spiro atoms. The summed E-state index contributed by atoms with van der Waals surface area (Å²) in [6.07, 6.45) is 2.13. The molecule has 0 aliphatic carbocycles. The second-order valence-electron chi connectivity index (χ2n) is 4.68. The second kappa shape index (κ2) is 5.30. The molecule has 1 aromatic rings. The smallest absolute Gasteiger partial charge is 0.364 e. The van der Waals surface area contributed by atoms with Gasteiger partial charge in [0.15, 0.2) is 5.69 Å². The first-order valence-electron chi connectivity index (χ1n) is 6.18. The van der Waals surface area contributed by atoms with Crippen molar-refractivity contribution < 1.29 is 4.92 Å². The van der Waals surface area contributed by atoms with Crippen LogP contribution in [0.25, 0.3) is 0 Å². The molecular weight excluding hydrogens is 232 g/mol. The molecule has 1 aliphatic heterocycles. The Bertz CT molecular complexity index is 432. The summed E-state index contributed by atoms with van der Waals surface area (Å²) >= 11 is 0. The van der Waals surface area contributed by atoms with Gasteiger partial charge in [-0.25, -0.2) is 0 Å². The lowest BCUT2D eigenvalue weighted by atomic mass is 10.1. The minimum atomic E-state index is -0.450. The average molecular weight is 250 g/mol. The Kier molecular flexibility index (Phi) is 3.76. The molecule has 0 atom stereocenters. The Morgan fingerprint density at radius 1 is 1.44 bits per heavy atom. The summed E-state index contributed by atoms with van der Waals surface area (Å²) < 4.78 is 0. The predicted molar refractivity (Wildman–Crippen MR) is 69.9 cm³/mol. The summed E-state index contributed by atoms with van der Waals surface area (Å²) in [6.45, 7) is 5.71. The lowest BCUT2D eigenvalue weighted by molar-refractivity contribution is -0.389. The van der Waals surface area contributed by atoms with Crippen LogP contribution in [0.3, 0.4) is 0 Å². The summed E-state index contributed by atoms with van der Waals surface area (Å²) in [4.78, 5) is 14.3. The fourth-order valence-corrected chi connectivity index (χ4v) is 2.29. The first-order valence-corrected chi connectivity index (χ1v) is 6.18. The van der Waals surface area contributed by atoms with E-state index >= 15 is 0 Å². The van der Waals surface area contributed by atoms with E-state index in [4.69, 9.17) is 0 Å². The van der Waals surface area contributed by atoms with Crippen LogP contribution in [0, 0.1) is 24.0 Å². The Morgan fingerprint density at radius 3 is 2.67 bits per heavy atom. The van der Waals surface area contributed by atoms with Crippen LogP contribution < -0.4 is 10.6 Å². The zero-order valence-corrected chi connectivity index (χ0v) is 10.7. The van der Waals surface area contributed by atoms with Gasteiger partial charge in [-0.15, -0.1) is 0 Å². The van der Waals surface area contributed by atoms with Crippen LogP contribution in [0.15, 0.2) is 6.07 Å². The van der Waals surface area contributed by atoms with Crippen molar-refractivity contribution in [2.45, 2.75) is 32.7 Å². The van der Waals surface area contributed by atoms with Crippen LogP contribution in [0.5, 0.6) is 0 Å². The number of rotatable bonds is 3. The topological polar surface area (TPSA) is 80.1 Å². The number of anilines is 1. The largest absolute Gasteiger partial charge is 0.379 e. The number of hydrogen-bond donors (Lipinski definition) is 2. The summed E-state index contributed by atoms with van der Waals surface area (Å²) in [5, 5.41) is 17.5. The summed E-state index contributed by atoms with van der Waals surface area (Å²) in [5.41, 5.74) is 2.51. The van der Waals surface area contributed by atoms with Gasteiger partial charge in [-0.1, -0.05) is 0 Å². The van der Waals surface area contributed by atoms with E-state index in [9.17, 15) is 10.1 Å². The molecule has 6 heteroatoms. The summed E-state index contributed by atoms with van der Waals surface area (Å²) in [7, 11) is 0. The Morgan fingerprint density at radius 2 is 2.11 bits per heavy atom. The molecule has 1 aliphatic rings. The van der Waals surface area contributed by atoms with E-state index in [0.717, 1.165) is 37.2 Å². The van der Waals surface area contributed by atoms with E-state index in [1.165, 1.54) is 6.07 Å². The highest BCUT2D eigenvalue weighted by Gasteiger charge is 2.19. The van der Waals surface area contributed by atoms with Crippen molar-refractivity contribution in [1.29, 1.82) is 0 Å². The molecule has 98 valence electrons.